The summed E-state index contributed by atoms with van der Waals surface area (Å²) in [6.45, 7) is 3.23. The number of anilines is 1. The van der Waals surface area contributed by atoms with Crippen molar-refractivity contribution in [3.05, 3.63) is 17.3 Å². The second kappa shape index (κ2) is 3.41. The van der Waals surface area contributed by atoms with E-state index in [0.29, 0.717) is 5.02 Å². The average Bonchev–Trinajstić information content (AvgIpc) is 2.36. The van der Waals surface area contributed by atoms with Crippen molar-refractivity contribution in [2.24, 2.45) is 0 Å². The number of carbonyl (C=O) groups excluding carboxylic acids is 2. The van der Waals surface area contributed by atoms with E-state index in [0.717, 1.165) is 4.90 Å². The zero-order valence-electron chi connectivity index (χ0n) is 8.69. The van der Waals surface area contributed by atoms with Crippen molar-refractivity contribution in [2.45, 2.75) is 19.4 Å². The molecule has 0 aromatic carbocycles. The lowest BCUT2D eigenvalue weighted by Crippen LogP contribution is -2.40. The van der Waals surface area contributed by atoms with Crippen LogP contribution in [-0.4, -0.2) is 27.7 Å². The Morgan fingerprint density at radius 3 is 2.62 bits per heavy atom. The van der Waals surface area contributed by atoms with Gasteiger partial charge in [-0.3, -0.25) is 4.79 Å². The van der Waals surface area contributed by atoms with Crippen LogP contribution in [0.5, 0.6) is 0 Å². The van der Waals surface area contributed by atoms with Gasteiger partial charge in [0.15, 0.2) is 5.82 Å². The maximum absolute atomic E-state index is 11.9. The predicted octanol–water partition coefficient (Wildman–Crippen LogP) is 0.965. The molecule has 1 aliphatic heterocycles. The second-order valence-electron chi connectivity index (χ2n) is 3.93. The number of nitrogens with zero attached hydrogens (tertiary/aromatic N) is 3. The molecule has 1 saturated heterocycles. The van der Waals surface area contributed by atoms with E-state index in [4.69, 9.17) is 11.6 Å². The molecular weight excluding hydrogens is 232 g/mol. The number of hydrogen-bond acceptors (Lipinski definition) is 4. The van der Waals surface area contributed by atoms with Crippen LogP contribution in [0.1, 0.15) is 13.8 Å². The number of carbonyl (C=O) groups is 2. The standard InChI is InChI=1S/C9H9ClN4O2/c1-9(2)7(15)14(8(16)12-9)6-3-5(10)4-11-13-6/h3-4H,1-2H3,(H,12,16). The first kappa shape index (κ1) is 10.8. The summed E-state index contributed by atoms with van der Waals surface area (Å²) in [5, 5.41) is 10.1. The third kappa shape index (κ3) is 1.61. The molecule has 0 spiro atoms. The smallest absolute Gasteiger partial charge is 0.323 e. The highest BCUT2D eigenvalue weighted by Gasteiger charge is 2.45. The molecule has 0 unspecified atom stereocenters. The molecule has 1 fully saturated rings. The van der Waals surface area contributed by atoms with Gasteiger partial charge in [0.25, 0.3) is 5.91 Å². The number of nitrogens with one attached hydrogen (secondary N) is 1. The minimum absolute atomic E-state index is 0.126. The van der Waals surface area contributed by atoms with E-state index < -0.39 is 11.6 Å². The van der Waals surface area contributed by atoms with E-state index in [1.54, 1.807) is 13.8 Å². The summed E-state index contributed by atoms with van der Waals surface area (Å²) in [5.74, 6) is -0.255. The molecule has 1 N–H and O–H groups in total. The predicted molar refractivity (Wildman–Crippen MR) is 57.1 cm³/mol. The summed E-state index contributed by atoms with van der Waals surface area (Å²) in [6, 6.07) is 0.888. The van der Waals surface area contributed by atoms with Gasteiger partial charge in [-0.2, -0.15) is 5.10 Å². The minimum Gasteiger partial charge on any atom is -0.323 e. The number of rotatable bonds is 1. The number of imide groups is 1. The van der Waals surface area contributed by atoms with Gasteiger partial charge in [-0.15, -0.1) is 5.10 Å². The van der Waals surface area contributed by atoms with Crippen LogP contribution in [0.3, 0.4) is 0 Å². The molecule has 6 nitrogen and oxygen atoms in total. The van der Waals surface area contributed by atoms with Crippen LogP contribution >= 0.6 is 11.6 Å². The lowest BCUT2D eigenvalue weighted by Gasteiger charge is -2.14. The largest absolute Gasteiger partial charge is 0.330 e. The third-order valence-electron chi connectivity index (χ3n) is 2.20. The van der Waals surface area contributed by atoms with Gasteiger partial charge in [-0.05, 0) is 13.8 Å². The Labute approximate surface area is 96.6 Å². The van der Waals surface area contributed by atoms with Crippen molar-refractivity contribution >= 4 is 29.4 Å². The molecule has 1 aromatic heterocycles. The first-order valence-electron chi connectivity index (χ1n) is 4.57. The normalized spacial score (nSPS) is 18.8. The minimum atomic E-state index is -0.929. The zero-order valence-corrected chi connectivity index (χ0v) is 9.45. The first-order chi connectivity index (χ1) is 7.42. The molecule has 84 valence electrons. The van der Waals surface area contributed by atoms with Crippen molar-refractivity contribution in [1.29, 1.82) is 0 Å². The molecule has 0 bridgehead atoms. The Balaban J connectivity index is 2.43. The van der Waals surface area contributed by atoms with E-state index in [1.807, 2.05) is 0 Å². The van der Waals surface area contributed by atoms with Gasteiger partial charge >= 0.3 is 6.03 Å². The first-order valence-corrected chi connectivity index (χ1v) is 4.94. The second-order valence-corrected chi connectivity index (χ2v) is 4.36. The highest BCUT2D eigenvalue weighted by molar-refractivity contribution is 6.31. The topological polar surface area (TPSA) is 75.2 Å². The van der Waals surface area contributed by atoms with Gasteiger partial charge in [0.2, 0.25) is 0 Å². The van der Waals surface area contributed by atoms with Crippen LogP contribution in [0.2, 0.25) is 5.02 Å². The van der Waals surface area contributed by atoms with Crippen LogP contribution in [0.4, 0.5) is 10.6 Å². The highest BCUT2D eigenvalue weighted by Crippen LogP contribution is 2.23. The lowest BCUT2D eigenvalue weighted by atomic mass is 10.1. The Bertz CT molecular complexity index is 474. The van der Waals surface area contributed by atoms with Crippen LogP contribution in [-0.2, 0) is 4.79 Å². The molecule has 0 radical (unpaired) electrons. The van der Waals surface area contributed by atoms with E-state index >= 15 is 0 Å². The lowest BCUT2D eigenvalue weighted by molar-refractivity contribution is -0.121. The van der Waals surface area contributed by atoms with Crippen molar-refractivity contribution < 1.29 is 9.59 Å². The number of urea groups is 1. The summed E-state index contributed by atoms with van der Waals surface area (Å²) >= 11 is 5.72. The van der Waals surface area contributed by atoms with Gasteiger partial charge in [-0.1, -0.05) is 11.6 Å². The fourth-order valence-corrected chi connectivity index (χ4v) is 1.54. The van der Waals surface area contributed by atoms with Gasteiger partial charge < -0.3 is 5.32 Å². The SMILES string of the molecule is CC1(C)NC(=O)N(c2cc(Cl)cnn2)C1=O. The van der Waals surface area contributed by atoms with E-state index in [9.17, 15) is 9.59 Å². The summed E-state index contributed by atoms with van der Waals surface area (Å²) in [5.41, 5.74) is -0.929. The number of amides is 3. The number of halogens is 1. The fourth-order valence-electron chi connectivity index (χ4n) is 1.40. The fraction of sp³-hybridized carbons (Fsp3) is 0.333. The molecule has 0 aliphatic carbocycles. The van der Waals surface area contributed by atoms with Crippen LogP contribution in [0.15, 0.2) is 12.3 Å². The zero-order chi connectivity index (χ0) is 11.9. The van der Waals surface area contributed by atoms with Gasteiger partial charge in [0, 0.05) is 6.07 Å². The Morgan fingerprint density at radius 1 is 1.44 bits per heavy atom. The number of hydrogen-bond donors (Lipinski definition) is 1. The average molecular weight is 241 g/mol. The Hall–Kier alpha value is -1.69. The highest BCUT2D eigenvalue weighted by atomic mass is 35.5. The van der Waals surface area contributed by atoms with Crippen molar-refractivity contribution in [3.63, 3.8) is 0 Å². The Morgan fingerprint density at radius 2 is 2.12 bits per heavy atom. The van der Waals surface area contributed by atoms with Crippen LogP contribution in [0.25, 0.3) is 0 Å². The monoisotopic (exact) mass is 240 g/mol. The van der Waals surface area contributed by atoms with Crippen molar-refractivity contribution in [1.82, 2.24) is 15.5 Å². The van der Waals surface area contributed by atoms with E-state index in [2.05, 4.69) is 15.5 Å². The van der Waals surface area contributed by atoms with Crippen LogP contribution < -0.4 is 10.2 Å². The van der Waals surface area contributed by atoms with Crippen LogP contribution in [0, 0.1) is 0 Å². The van der Waals surface area contributed by atoms with E-state index in [1.165, 1.54) is 12.3 Å². The molecule has 0 saturated carbocycles. The van der Waals surface area contributed by atoms with Crippen molar-refractivity contribution in [3.8, 4) is 0 Å². The van der Waals surface area contributed by atoms with Gasteiger partial charge in [0.05, 0.1) is 11.2 Å². The van der Waals surface area contributed by atoms with Gasteiger partial charge in [0.1, 0.15) is 5.54 Å². The molecule has 2 heterocycles. The summed E-state index contributed by atoms with van der Waals surface area (Å²) < 4.78 is 0. The molecule has 1 aromatic rings. The summed E-state index contributed by atoms with van der Waals surface area (Å²) in [4.78, 5) is 24.4. The molecule has 16 heavy (non-hydrogen) atoms. The quantitative estimate of drug-likeness (QED) is 0.742. The molecule has 0 atom stereocenters. The maximum Gasteiger partial charge on any atom is 0.330 e. The Kier molecular flexibility index (Phi) is 2.31. The van der Waals surface area contributed by atoms with Gasteiger partial charge in [-0.25, -0.2) is 9.69 Å². The molecule has 7 heteroatoms. The van der Waals surface area contributed by atoms with E-state index in [-0.39, 0.29) is 11.7 Å². The maximum atomic E-state index is 11.9. The third-order valence-corrected chi connectivity index (χ3v) is 2.40. The molecular formula is C9H9ClN4O2. The molecule has 2 rings (SSSR count). The summed E-state index contributed by atoms with van der Waals surface area (Å²) in [7, 11) is 0. The summed E-state index contributed by atoms with van der Waals surface area (Å²) in [6.07, 6.45) is 1.33. The molecule has 3 amide bonds. The van der Waals surface area contributed by atoms with Crippen molar-refractivity contribution in [2.75, 3.05) is 4.90 Å². The number of aromatic nitrogens is 2. The molecule has 1 aliphatic rings.